The largest absolute Gasteiger partial charge is 0.352 e. The molecule has 2 N–H and O–H groups in total. The molecule has 0 saturated carbocycles. The summed E-state index contributed by atoms with van der Waals surface area (Å²) in [4.78, 5) is 12.8. The highest BCUT2D eigenvalue weighted by Gasteiger charge is 2.17. The van der Waals surface area contributed by atoms with Gasteiger partial charge in [0.2, 0.25) is 0 Å². The Hall–Kier alpha value is -2.60. The number of sulfonamides is 1. The number of nitrogens with one attached hydrogen (secondary N) is 2. The van der Waals surface area contributed by atoms with Crippen molar-refractivity contribution in [1.29, 1.82) is 0 Å². The monoisotopic (exact) mass is 398 g/mol. The summed E-state index contributed by atoms with van der Waals surface area (Å²) in [5.41, 5.74) is 2.90. The smallest absolute Gasteiger partial charge is 0.261 e. The van der Waals surface area contributed by atoms with E-state index < -0.39 is 10.0 Å². The normalized spacial score (nSPS) is 14.2. The fourth-order valence-corrected chi connectivity index (χ4v) is 4.50. The van der Waals surface area contributed by atoms with Crippen molar-refractivity contribution in [3.05, 3.63) is 71.3 Å². The zero-order valence-corrected chi connectivity index (χ0v) is 16.9. The second kappa shape index (κ2) is 9.06. The van der Waals surface area contributed by atoms with Gasteiger partial charge < -0.3 is 5.32 Å². The molecule has 0 heterocycles. The minimum absolute atomic E-state index is 0.185. The fourth-order valence-electron chi connectivity index (χ4n) is 3.36. The minimum Gasteiger partial charge on any atom is -0.352 e. The van der Waals surface area contributed by atoms with Gasteiger partial charge >= 0.3 is 0 Å². The highest BCUT2D eigenvalue weighted by molar-refractivity contribution is 7.92. The molecule has 0 radical (unpaired) electrons. The van der Waals surface area contributed by atoms with Crippen LogP contribution in [0.1, 0.15) is 48.0 Å². The van der Waals surface area contributed by atoms with Gasteiger partial charge in [0.15, 0.2) is 0 Å². The third kappa shape index (κ3) is 5.01. The Morgan fingerprint density at radius 1 is 1.04 bits per heavy atom. The molecule has 0 spiro atoms. The second-order valence-corrected chi connectivity index (χ2v) is 8.69. The van der Waals surface area contributed by atoms with Crippen molar-refractivity contribution < 1.29 is 13.2 Å². The van der Waals surface area contributed by atoms with Gasteiger partial charge in [-0.25, -0.2) is 8.42 Å². The van der Waals surface area contributed by atoms with E-state index in [0.29, 0.717) is 23.4 Å². The number of benzene rings is 2. The topological polar surface area (TPSA) is 75.3 Å². The first-order valence-electron chi connectivity index (χ1n) is 9.61. The molecule has 0 aliphatic heterocycles. The summed E-state index contributed by atoms with van der Waals surface area (Å²) in [7, 11) is -3.70. The van der Waals surface area contributed by atoms with E-state index in [1.165, 1.54) is 30.5 Å². The summed E-state index contributed by atoms with van der Waals surface area (Å²) in [5.74, 6) is -0.185. The van der Waals surface area contributed by atoms with Crippen LogP contribution in [0.2, 0.25) is 0 Å². The predicted octanol–water partition coefficient (Wildman–Crippen LogP) is 4.42. The van der Waals surface area contributed by atoms with Gasteiger partial charge in [-0.3, -0.25) is 9.52 Å². The third-order valence-corrected chi connectivity index (χ3v) is 6.37. The lowest BCUT2D eigenvalue weighted by molar-refractivity contribution is 0.0953. The maximum absolute atomic E-state index is 12.6. The van der Waals surface area contributed by atoms with Gasteiger partial charge in [0.25, 0.3) is 15.9 Å². The van der Waals surface area contributed by atoms with Crippen LogP contribution in [-0.2, 0) is 10.0 Å². The average molecular weight is 399 g/mol. The lowest BCUT2D eigenvalue weighted by Crippen LogP contribution is -2.26. The van der Waals surface area contributed by atoms with Gasteiger partial charge in [0.05, 0.1) is 10.6 Å². The van der Waals surface area contributed by atoms with E-state index in [1.807, 2.05) is 0 Å². The molecule has 0 fully saturated rings. The van der Waals surface area contributed by atoms with E-state index in [2.05, 4.69) is 16.1 Å². The number of hydrogen-bond acceptors (Lipinski definition) is 3. The van der Waals surface area contributed by atoms with Gasteiger partial charge in [-0.05, 0) is 68.9 Å². The molecule has 3 rings (SSSR count). The van der Waals surface area contributed by atoms with Gasteiger partial charge in [0, 0.05) is 12.1 Å². The standard InChI is InChI=1S/C22H26N2O3S/c1-17-20(22(25)23-16-15-18-9-4-2-5-10-18)13-8-14-21(17)24-28(26,27)19-11-6-3-7-12-19/h3,6-9,11-14,24H,2,4-5,10,15-16H2,1H3,(H,23,25). The molecule has 0 saturated heterocycles. The second-order valence-electron chi connectivity index (χ2n) is 7.01. The van der Waals surface area contributed by atoms with Gasteiger partial charge in [-0.15, -0.1) is 0 Å². The van der Waals surface area contributed by atoms with E-state index in [1.54, 1.807) is 43.3 Å². The molecule has 6 heteroatoms. The van der Waals surface area contributed by atoms with E-state index in [9.17, 15) is 13.2 Å². The number of anilines is 1. The maximum atomic E-state index is 12.6. The van der Waals surface area contributed by atoms with Crippen molar-refractivity contribution in [2.45, 2.75) is 43.9 Å². The average Bonchev–Trinajstić information content (AvgIpc) is 2.71. The predicted molar refractivity (Wildman–Crippen MR) is 112 cm³/mol. The maximum Gasteiger partial charge on any atom is 0.261 e. The molecule has 1 amide bonds. The van der Waals surface area contributed by atoms with Crippen LogP contribution in [0.25, 0.3) is 0 Å². The van der Waals surface area contributed by atoms with E-state index in [-0.39, 0.29) is 10.8 Å². The lowest BCUT2D eigenvalue weighted by atomic mass is 9.97. The van der Waals surface area contributed by atoms with Crippen LogP contribution in [0.5, 0.6) is 0 Å². The molecule has 0 bridgehead atoms. The number of carbonyl (C=O) groups excluding carboxylic acids is 1. The number of carbonyl (C=O) groups is 1. The molecule has 0 aromatic heterocycles. The highest BCUT2D eigenvalue weighted by atomic mass is 32.2. The number of amides is 1. The van der Waals surface area contributed by atoms with Crippen LogP contribution < -0.4 is 10.0 Å². The van der Waals surface area contributed by atoms with E-state index in [4.69, 9.17) is 0 Å². The molecule has 28 heavy (non-hydrogen) atoms. The molecule has 2 aromatic carbocycles. The Bertz CT molecular complexity index is 967. The summed E-state index contributed by atoms with van der Waals surface area (Å²) in [6.45, 7) is 2.34. The quantitative estimate of drug-likeness (QED) is 0.678. The van der Waals surface area contributed by atoms with Crippen LogP contribution in [-0.4, -0.2) is 20.9 Å². The fraction of sp³-hybridized carbons (Fsp3) is 0.318. The molecule has 148 valence electrons. The van der Waals surface area contributed by atoms with Crippen molar-refractivity contribution in [3.63, 3.8) is 0 Å². The summed E-state index contributed by atoms with van der Waals surface area (Å²) >= 11 is 0. The molecule has 2 aromatic rings. The van der Waals surface area contributed by atoms with Crippen molar-refractivity contribution in [1.82, 2.24) is 5.32 Å². The first kappa shape index (κ1) is 20.1. The summed E-state index contributed by atoms with van der Waals surface area (Å²) < 4.78 is 27.7. The molecule has 0 atom stereocenters. The Labute approximate surface area is 166 Å². The Kier molecular flexibility index (Phi) is 6.52. The van der Waals surface area contributed by atoms with Crippen molar-refractivity contribution in [3.8, 4) is 0 Å². The molecule has 1 aliphatic carbocycles. The molecular formula is C22H26N2O3S. The van der Waals surface area contributed by atoms with Crippen LogP contribution in [0, 0.1) is 6.92 Å². The highest BCUT2D eigenvalue weighted by Crippen LogP contribution is 2.23. The molecular weight excluding hydrogens is 372 g/mol. The Morgan fingerprint density at radius 3 is 2.54 bits per heavy atom. The summed E-state index contributed by atoms with van der Waals surface area (Å²) in [6, 6.07) is 13.2. The van der Waals surface area contributed by atoms with Crippen LogP contribution in [0.4, 0.5) is 5.69 Å². The zero-order valence-electron chi connectivity index (χ0n) is 16.1. The molecule has 5 nitrogen and oxygen atoms in total. The third-order valence-electron chi connectivity index (χ3n) is 4.99. The first-order chi connectivity index (χ1) is 13.5. The van der Waals surface area contributed by atoms with Gasteiger partial charge in [-0.1, -0.05) is 35.9 Å². The number of allylic oxidation sites excluding steroid dienone is 1. The molecule has 0 unspecified atom stereocenters. The van der Waals surface area contributed by atoms with Crippen molar-refractivity contribution in [2.75, 3.05) is 11.3 Å². The summed E-state index contributed by atoms with van der Waals surface area (Å²) in [5, 5.41) is 2.95. The van der Waals surface area contributed by atoms with E-state index >= 15 is 0 Å². The van der Waals surface area contributed by atoms with Crippen LogP contribution >= 0.6 is 0 Å². The van der Waals surface area contributed by atoms with Crippen LogP contribution in [0.15, 0.2) is 65.1 Å². The number of rotatable bonds is 7. The van der Waals surface area contributed by atoms with Gasteiger partial charge in [0.1, 0.15) is 0 Å². The van der Waals surface area contributed by atoms with Gasteiger partial charge in [-0.2, -0.15) is 0 Å². The Morgan fingerprint density at radius 2 is 1.82 bits per heavy atom. The molecule has 1 aliphatic rings. The summed E-state index contributed by atoms with van der Waals surface area (Å²) in [6.07, 6.45) is 7.87. The minimum atomic E-state index is -3.70. The lowest BCUT2D eigenvalue weighted by Gasteiger charge is -2.15. The SMILES string of the molecule is Cc1c(NS(=O)(=O)c2ccccc2)cccc1C(=O)NCCC1=CCCCC1. The van der Waals surface area contributed by atoms with E-state index in [0.717, 1.165) is 19.3 Å². The zero-order chi connectivity index (χ0) is 20.0. The van der Waals surface area contributed by atoms with Crippen LogP contribution in [0.3, 0.4) is 0 Å². The number of hydrogen-bond donors (Lipinski definition) is 2. The first-order valence-corrected chi connectivity index (χ1v) is 11.1. The van der Waals surface area contributed by atoms with Crippen molar-refractivity contribution in [2.24, 2.45) is 0 Å². The Balaban J connectivity index is 1.68. The van der Waals surface area contributed by atoms with Crippen molar-refractivity contribution >= 4 is 21.6 Å².